The average Bonchev–Trinajstić information content (AvgIpc) is 3.37. The van der Waals surface area contributed by atoms with E-state index in [2.05, 4.69) is 29.9 Å². The number of nitrogen functional groups attached to an aromatic ring is 3. The number of nitrogens with two attached hydrogens (primary N) is 3. The Morgan fingerprint density at radius 3 is 2.03 bits per heavy atom. The van der Waals surface area contributed by atoms with Crippen molar-refractivity contribution in [2.75, 3.05) is 17.2 Å². The molecule has 1 fully saturated rings. The van der Waals surface area contributed by atoms with E-state index in [1.165, 1.54) is 6.33 Å². The Bertz CT molecular complexity index is 1160. The third kappa shape index (κ3) is 4.45. The summed E-state index contributed by atoms with van der Waals surface area (Å²) in [6.45, 7) is 0. The Hall–Kier alpha value is -4.03. The lowest BCUT2D eigenvalue weighted by Gasteiger charge is -1.96. The van der Waals surface area contributed by atoms with Gasteiger partial charge in [0.2, 0.25) is 5.95 Å². The maximum atomic E-state index is 9.76. The zero-order chi connectivity index (χ0) is 21.1. The van der Waals surface area contributed by atoms with Crippen molar-refractivity contribution in [3.05, 3.63) is 19.0 Å². The zero-order valence-corrected chi connectivity index (χ0v) is 15.9. The Morgan fingerprint density at radius 2 is 1.52 bits per heavy atom. The van der Waals surface area contributed by atoms with Gasteiger partial charge in [0, 0.05) is 14.1 Å². The molecule has 1 aliphatic carbocycles. The molecule has 0 atom stereocenters. The Balaban J connectivity index is 0.000000131. The first-order valence-electron chi connectivity index (χ1n) is 8.58. The fraction of sp³-hybridized carbons (Fsp3) is 0.312. The van der Waals surface area contributed by atoms with Crippen LogP contribution in [-0.4, -0.2) is 50.1 Å². The topological polar surface area (TPSA) is 203 Å². The van der Waals surface area contributed by atoms with Crippen LogP contribution in [-0.2, 0) is 18.9 Å². The maximum Gasteiger partial charge on any atom is 0.306 e. The van der Waals surface area contributed by atoms with Gasteiger partial charge in [-0.25, -0.2) is 19.9 Å². The predicted molar refractivity (Wildman–Crippen MR) is 106 cm³/mol. The molecule has 0 aliphatic heterocycles. The Morgan fingerprint density at radius 1 is 0.931 bits per heavy atom. The molecule has 4 aromatic heterocycles. The smallest absolute Gasteiger partial charge is 0.306 e. The molecule has 29 heavy (non-hydrogen) atoms. The second kappa shape index (κ2) is 7.92. The largest absolute Gasteiger partial charge is 0.481 e. The summed E-state index contributed by atoms with van der Waals surface area (Å²) < 4.78 is 3.54. The van der Waals surface area contributed by atoms with Gasteiger partial charge in [-0.15, -0.1) is 0 Å². The lowest BCUT2D eigenvalue weighted by atomic mass is 10.5. The fourth-order valence-electron chi connectivity index (χ4n) is 2.34. The second-order valence-corrected chi connectivity index (χ2v) is 6.39. The van der Waals surface area contributed by atoms with Crippen molar-refractivity contribution in [1.82, 2.24) is 39.0 Å². The normalized spacial score (nSPS) is 12.8. The zero-order valence-electron chi connectivity index (χ0n) is 15.9. The molecule has 0 bridgehead atoms. The van der Waals surface area contributed by atoms with Crippen LogP contribution in [0, 0.1) is 5.92 Å². The number of carboxylic acids is 1. The van der Waals surface area contributed by atoms with E-state index in [0.717, 1.165) is 18.5 Å². The molecule has 0 radical (unpaired) electrons. The van der Waals surface area contributed by atoms with E-state index >= 15 is 0 Å². The minimum Gasteiger partial charge on any atom is -0.481 e. The number of fused-ring (bicyclic) bond motifs is 2. The van der Waals surface area contributed by atoms with Crippen molar-refractivity contribution in [1.29, 1.82) is 0 Å². The van der Waals surface area contributed by atoms with Crippen molar-refractivity contribution in [3.8, 4) is 0 Å². The Kier molecular flexibility index (Phi) is 5.38. The SMILES string of the molecule is Cn1cnc2c(N)nc(N)nc21.Cn1cnc2c(N)ncnc21.O=C(O)C1CC1. The van der Waals surface area contributed by atoms with Crippen LogP contribution in [0.3, 0.4) is 0 Å². The van der Waals surface area contributed by atoms with Crippen LogP contribution >= 0.6 is 0 Å². The van der Waals surface area contributed by atoms with E-state index in [9.17, 15) is 4.79 Å². The standard InChI is InChI=1S/C6H8N6.C6H7N5.C4H6O2/c1-12-2-9-3-4(7)10-6(8)11-5(3)12;1-11-3-10-4-5(7)8-2-9-6(4)11;5-4(6)3-1-2-3/h2H,1H3,(H4,7,8,10,11);2-3H,1H3,(H2,7,8,9);3H,1-2H2,(H,5,6). The highest BCUT2D eigenvalue weighted by molar-refractivity contribution is 5.82. The van der Waals surface area contributed by atoms with Crippen molar-refractivity contribution in [2.45, 2.75) is 12.8 Å². The van der Waals surface area contributed by atoms with Gasteiger partial charge in [-0.3, -0.25) is 4.79 Å². The quantitative estimate of drug-likeness (QED) is 0.334. The molecule has 0 spiro atoms. The number of aliphatic carboxylic acids is 1. The van der Waals surface area contributed by atoms with Gasteiger partial charge in [-0.2, -0.15) is 9.97 Å². The molecular weight excluding hydrogens is 378 g/mol. The first-order valence-corrected chi connectivity index (χ1v) is 8.58. The van der Waals surface area contributed by atoms with Crippen molar-refractivity contribution >= 4 is 45.9 Å². The molecule has 5 rings (SSSR count). The summed E-state index contributed by atoms with van der Waals surface area (Å²) in [6.07, 6.45) is 6.51. The summed E-state index contributed by atoms with van der Waals surface area (Å²) in [5.41, 5.74) is 19.2. The van der Waals surface area contributed by atoms with Gasteiger partial charge in [0.25, 0.3) is 0 Å². The van der Waals surface area contributed by atoms with E-state index in [1.54, 1.807) is 21.8 Å². The lowest BCUT2D eigenvalue weighted by molar-refractivity contribution is -0.138. The number of anilines is 3. The summed E-state index contributed by atoms with van der Waals surface area (Å²) in [4.78, 5) is 33.4. The molecule has 0 amide bonds. The number of hydrogen-bond acceptors (Lipinski definition) is 10. The lowest BCUT2D eigenvalue weighted by Crippen LogP contribution is -2.01. The highest BCUT2D eigenvalue weighted by Crippen LogP contribution is 2.28. The van der Waals surface area contributed by atoms with E-state index in [0.29, 0.717) is 28.3 Å². The number of rotatable bonds is 1. The molecule has 7 N–H and O–H groups in total. The maximum absolute atomic E-state index is 9.76. The summed E-state index contributed by atoms with van der Waals surface area (Å²) in [5, 5.41) is 8.05. The molecule has 1 saturated carbocycles. The van der Waals surface area contributed by atoms with Crippen LogP contribution < -0.4 is 17.2 Å². The van der Waals surface area contributed by atoms with Gasteiger partial charge in [-0.1, -0.05) is 0 Å². The van der Waals surface area contributed by atoms with E-state index in [4.69, 9.17) is 22.3 Å². The van der Waals surface area contributed by atoms with Gasteiger partial charge in [0.05, 0.1) is 18.6 Å². The summed E-state index contributed by atoms with van der Waals surface area (Å²) in [6, 6.07) is 0. The first-order chi connectivity index (χ1) is 13.8. The average molecular weight is 399 g/mol. The molecule has 4 heterocycles. The highest BCUT2D eigenvalue weighted by atomic mass is 16.4. The molecule has 1 aliphatic rings. The molecule has 13 heteroatoms. The molecule has 13 nitrogen and oxygen atoms in total. The molecule has 152 valence electrons. The highest BCUT2D eigenvalue weighted by Gasteiger charge is 2.28. The molecule has 0 unspecified atom stereocenters. The molecule has 0 saturated heterocycles. The minimum absolute atomic E-state index is 0.0185. The van der Waals surface area contributed by atoms with Gasteiger partial charge >= 0.3 is 5.97 Å². The van der Waals surface area contributed by atoms with E-state index in [1.807, 2.05) is 14.1 Å². The summed E-state index contributed by atoms with van der Waals surface area (Å²) in [5.74, 6) is 0.303. The van der Waals surface area contributed by atoms with Crippen molar-refractivity contribution in [3.63, 3.8) is 0 Å². The fourth-order valence-corrected chi connectivity index (χ4v) is 2.34. The number of aryl methyl sites for hydroxylation is 2. The predicted octanol–water partition coefficient (Wildman–Crippen LogP) is -0.0458. The monoisotopic (exact) mass is 399 g/mol. The van der Waals surface area contributed by atoms with Gasteiger partial charge in [0.1, 0.15) is 17.4 Å². The van der Waals surface area contributed by atoms with Crippen LogP contribution in [0.25, 0.3) is 22.3 Å². The second-order valence-electron chi connectivity index (χ2n) is 6.39. The third-order valence-corrected chi connectivity index (χ3v) is 4.06. The summed E-state index contributed by atoms with van der Waals surface area (Å²) >= 11 is 0. The number of aromatic nitrogens is 8. The third-order valence-electron chi connectivity index (χ3n) is 4.06. The van der Waals surface area contributed by atoms with Crippen LogP contribution in [0.4, 0.5) is 17.6 Å². The number of nitrogens with zero attached hydrogens (tertiary/aromatic N) is 8. The Labute approximate surface area is 164 Å². The minimum atomic E-state index is -0.630. The van der Waals surface area contributed by atoms with E-state index in [-0.39, 0.29) is 11.9 Å². The van der Waals surface area contributed by atoms with Crippen LogP contribution in [0.2, 0.25) is 0 Å². The first kappa shape index (κ1) is 19.7. The van der Waals surface area contributed by atoms with Crippen molar-refractivity contribution in [2.24, 2.45) is 20.0 Å². The number of imidazole rings is 2. The molecular formula is C16H21N11O2. The number of hydrogen-bond donors (Lipinski definition) is 4. The molecule has 0 aromatic carbocycles. The van der Waals surface area contributed by atoms with Crippen molar-refractivity contribution < 1.29 is 9.90 Å². The summed E-state index contributed by atoms with van der Waals surface area (Å²) in [7, 11) is 3.68. The molecule has 4 aromatic rings. The van der Waals surface area contributed by atoms with Crippen LogP contribution in [0.1, 0.15) is 12.8 Å². The van der Waals surface area contributed by atoms with E-state index < -0.39 is 5.97 Å². The van der Waals surface area contributed by atoms with Gasteiger partial charge in [-0.05, 0) is 12.8 Å². The van der Waals surface area contributed by atoms with Crippen LogP contribution in [0.5, 0.6) is 0 Å². The number of carbonyl (C=O) groups is 1. The van der Waals surface area contributed by atoms with Crippen LogP contribution in [0.15, 0.2) is 19.0 Å². The number of carboxylic acid groups (broad SMARTS) is 1. The van der Waals surface area contributed by atoms with Gasteiger partial charge in [0.15, 0.2) is 22.9 Å². The van der Waals surface area contributed by atoms with Gasteiger partial charge < -0.3 is 31.4 Å².